The van der Waals surface area contributed by atoms with Crippen LogP contribution in [-0.2, 0) is 0 Å². The van der Waals surface area contributed by atoms with E-state index in [1.807, 2.05) is 19.9 Å². The molecule has 0 saturated heterocycles. The van der Waals surface area contributed by atoms with Crippen molar-refractivity contribution in [3.63, 3.8) is 0 Å². The van der Waals surface area contributed by atoms with E-state index in [1.165, 1.54) is 11.1 Å². The van der Waals surface area contributed by atoms with Crippen molar-refractivity contribution in [3.8, 4) is 0 Å². The van der Waals surface area contributed by atoms with Crippen LogP contribution in [0.1, 0.15) is 35.5 Å². The molecule has 2 heteroatoms. The van der Waals surface area contributed by atoms with Crippen molar-refractivity contribution in [2.45, 2.75) is 33.7 Å². The van der Waals surface area contributed by atoms with Crippen molar-refractivity contribution in [1.82, 2.24) is 4.98 Å². The van der Waals surface area contributed by atoms with E-state index in [0.29, 0.717) is 0 Å². The minimum absolute atomic E-state index is 0.286. The summed E-state index contributed by atoms with van der Waals surface area (Å²) in [4.78, 5) is 4.47. The van der Waals surface area contributed by atoms with Gasteiger partial charge in [0.2, 0.25) is 0 Å². The highest BCUT2D eigenvalue weighted by Gasteiger charge is 2.07. The second-order valence-electron chi connectivity index (χ2n) is 4.86. The van der Waals surface area contributed by atoms with Crippen molar-refractivity contribution in [3.05, 3.63) is 58.9 Å². The van der Waals surface area contributed by atoms with Crippen LogP contribution in [0.5, 0.6) is 0 Å². The topological polar surface area (TPSA) is 24.9 Å². The van der Waals surface area contributed by atoms with E-state index in [2.05, 4.69) is 54.5 Å². The smallest absolute Gasteiger partial charge is 0.0607 e. The number of rotatable bonds is 3. The zero-order valence-corrected chi connectivity index (χ0v) is 11.5. The van der Waals surface area contributed by atoms with Crippen LogP contribution in [0.25, 0.3) is 0 Å². The summed E-state index contributed by atoms with van der Waals surface area (Å²) < 4.78 is 0. The fourth-order valence-electron chi connectivity index (χ4n) is 2.01. The molecule has 1 heterocycles. The van der Waals surface area contributed by atoms with Gasteiger partial charge in [0.05, 0.1) is 11.4 Å². The van der Waals surface area contributed by atoms with Crippen molar-refractivity contribution in [2.24, 2.45) is 0 Å². The van der Waals surface area contributed by atoms with Gasteiger partial charge in [0.25, 0.3) is 0 Å². The molecular formula is C16H20N2. The number of pyridine rings is 1. The average molecular weight is 240 g/mol. The molecule has 0 bridgehead atoms. The number of hydrogen-bond donors (Lipinski definition) is 1. The monoisotopic (exact) mass is 240 g/mol. The summed E-state index contributed by atoms with van der Waals surface area (Å²) in [5, 5.41) is 3.51. The number of aromatic nitrogens is 1. The minimum Gasteiger partial charge on any atom is -0.377 e. The fourth-order valence-corrected chi connectivity index (χ4v) is 2.01. The maximum atomic E-state index is 4.47. The van der Waals surface area contributed by atoms with Gasteiger partial charge in [-0.3, -0.25) is 4.98 Å². The SMILES string of the molecule is Cc1ccc(C(C)Nc2ccc(C)nc2C)cc1. The number of nitrogens with one attached hydrogen (secondary N) is 1. The Hall–Kier alpha value is -1.83. The number of anilines is 1. The Morgan fingerprint density at radius 3 is 2.22 bits per heavy atom. The number of hydrogen-bond acceptors (Lipinski definition) is 2. The molecule has 0 radical (unpaired) electrons. The molecule has 0 amide bonds. The summed E-state index contributed by atoms with van der Waals surface area (Å²) in [6.07, 6.45) is 0. The second-order valence-corrected chi connectivity index (χ2v) is 4.86. The Morgan fingerprint density at radius 1 is 0.944 bits per heavy atom. The molecular weight excluding hydrogens is 220 g/mol. The molecule has 0 aliphatic heterocycles. The van der Waals surface area contributed by atoms with Gasteiger partial charge in [0.1, 0.15) is 0 Å². The summed E-state index contributed by atoms with van der Waals surface area (Å²) >= 11 is 0. The molecule has 1 unspecified atom stereocenters. The van der Waals surface area contributed by atoms with Gasteiger partial charge in [-0.05, 0) is 45.4 Å². The van der Waals surface area contributed by atoms with Crippen molar-refractivity contribution in [2.75, 3.05) is 5.32 Å². The van der Waals surface area contributed by atoms with Gasteiger partial charge < -0.3 is 5.32 Å². The lowest BCUT2D eigenvalue weighted by molar-refractivity contribution is 0.877. The van der Waals surface area contributed by atoms with Crippen molar-refractivity contribution in [1.29, 1.82) is 0 Å². The predicted octanol–water partition coefficient (Wildman–Crippen LogP) is 4.18. The zero-order valence-electron chi connectivity index (χ0n) is 11.5. The molecule has 2 nitrogen and oxygen atoms in total. The molecule has 0 aliphatic rings. The first-order chi connectivity index (χ1) is 8.56. The first-order valence-corrected chi connectivity index (χ1v) is 6.33. The van der Waals surface area contributed by atoms with Crippen LogP contribution in [0, 0.1) is 20.8 Å². The van der Waals surface area contributed by atoms with Crippen LogP contribution in [0.2, 0.25) is 0 Å². The molecule has 0 spiro atoms. The average Bonchev–Trinajstić information content (AvgIpc) is 2.33. The molecule has 0 fully saturated rings. The standard InChI is InChI=1S/C16H20N2/c1-11-5-8-15(9-6-11)13(3)18-16-10-7-12(2)17-14(16)4/h5-10,13,18H,1-4H3. The minimum atomic E-state index is 0.286. The predicted molar refractivity (Wildman–Crippen MR) is 76.9 cm³/mol. The lowest BCUT2D eigenvalue weighted by Gasteiger charge is -2.17. The fraction of sp³-hybridized carbons (Fsp3) is 0.312. The third kappa shape index (κ3) is 2.89. The Labute approximate surface area is 109 Å². The van der Waals surface area contributed by atoms with Gasteiger partial charge in [0.15, 0.2) is 0 Å². The van der Waals surface area contributed by atoms with E-state index >= 15 is 0 Å². The highest BCUT2D eigenvalue weighted by molar-refractivity contribution is 5.49. The van der Waals surface area contributed by atoms with Gasteiger partial charge in [-0.2, -0.15) is 0 Å². The van der Waals surface area contributed by atoms with Crippen molar-refractivity contribution >= 4 is 5.69 Å². The molecule has 2 rings (SSSR count). The molecule has 1 aromatic carbocycles. The second kappa shape index (κ2) is 5.21. The van der Waals surface area contributed by atoms with E-state index in [1.54, 1.807) is 0 Å². The van der Waals surface area contributed by atoms with Crippen LogP contribution < -0.4 is 5.32 Å². The van der Waals surface area contributed by atoms with Gasteiger partial charge in [-0.15, -0.1) is 0 Å². The van der Waals surface area contributed by atoms with Crippen LogP contribution in [-0.4, -0.2) is 4.98 Å². The Kier molecular flexibility index (Phi) is 3.66. The highest BCUT2D eigenvalue weighted by atomic mass is 14.9. The van der Waals surface area contributed by atoms with Gasteiger partial charge in [-0.25, -0.2) is 0 Å². The Morgan fingerprint density at radius 2 is 1.61 bits per heavy atom. The summed E-state index contributed by atoms with van der Waals surface area (Å²) in [6.45, 7) is 8.33. The largest absolute Gasteiger partial charge is 0.377 e. The van der Waals surface area contributed by atoms with E-state index in [4.69, 9.17) is 0 Å². The van der Waals surface area contributed by atoms with E-state index in [9.17, 15) is 0 Å². The third-order valence-electron chi connectivity index (χ3n) is 3.17. The number of nitrogens with zero attached hydrogens (tertiary/aromatic N) is 1. The number of aryl methyl sites for hydroxylation is 3. The molecule has 1 N–H and O–H groups in total. The van der Waals surface area contributed by atoms with Crippen LogP contribution in [0.15, 0.2) is 36.4 Å². The summed E-state index contributed by atoms with van der Waals surface area (Å²) in [6, 6.07) is 13.1. The lowest BCUT2D eigenvalue weighted by Crippen LogP contribution is -2.08. The zero-order chi connectivity index (χ0) is 13.1. The summed E-state index contributed by atoms with van der Waals surface area (Å²) in [5.41, 5.74) is 5.79. The van der Waals surface area contributed by atoms with E-state index < -0.39 is 0 Å². The molecule has 94 valence electrons. The van der Waals surface area contributed by atoms with Crippen LogP contribution in [0.3, 0.4) is 0 Å². The number of benzene rings is 1. The van der Waals surface area contributed by atoms with Crippen LogP contribution >= 0.6 is 0 Å². The molecule has 2 aromatic rings. The summed E-state index contributed by atoms with van der Waals surface area (Å²) in [5.74, 6) is 0. The first-order valence-electron chi connectivity index (χ1n) is 6.33. The Balaban J connectivity index is 2.15. The third-order valence-corrected chi connectivity index (χ3v) is 3.17. The maximum absolute atomic E-state index is 4.47. The molecule has 0 aliphatic carbocycles. The van der Waals surface area contributed by atoms with Crippen LogP contribution in [0.4, 0.5) is 5.69 Å². The molecule has 1 atom stereocenters. The summed E-state index contributed by atoms with van der Waals surface area (Å²) in [7, 11) is 0. The van der Waals surface area contributed by atoms with Gasteiger partial charge in [0, 0.05) is 11.7 Å². The molecule has 1 aromatic heterocycles. The van der Waals surface area contributed by atoms with E-state index in [-0.39, 0.29) is 6.04 Å². The normalized spacial score (nSPS) is 12.2. The van der Waals surface area contributed by atoms with Crippen molar-refractivity contribution < 1.29 is 0 Å². The quantitative estimate of drug-likeness (QED) is 0.870. The van der Waals surface area contributed by atoms with E-state index in [0.717, 1.165) is 17.1 Å². The molecule has 0 saturated carbocycles. The lowest BCUT2D eigenvalue weighted by atomic mass is 10.1. The molecule has 18 heavy (non-hydrogen) atoms. The highest BCUT2D eigenvalue weighted by Crippen LogP contribution is 2.21. The van der Waals surface area contributed by atoms with Gasteiger partial charge in [-0.1, -0.05) is 29.8 Å². The maximum Gasteiger partial charge on any atom is 0.0607 e. The first kappa shape index (κ1) is 12.6. The Bertz CT molecular complexity index is 529. The van der Waals surface area contributed by atoms with Gasteiger partial charge >= 0.3 is 0 Å².